The maximum Gasteiger partial charge on any atom is 0.338 e. The SMILES string of the molecule is C=C(C)C(=O)OC(c1ccccc1)C1CCCCC1.C=Cc1ccc(C(=O)OC2(CC)CCCCC2)cc1.C=Cc1ccc(OC(C)OCC)cc1. The molecule has 52 heavy (non-hydrogen) atoms. The second-order valence-corrected chi connectivity index (χ2v) is 13.6. The third-order valence-corrected chi connectivity index (χ3v) is 9.71. The first-order valence-electron chi connectivity index (χ1n) is 19.0. The predicted molar refractivity (Wildman–Crippen MR) is 213 cm³/mol. The van der Waals surface area contributed by atoms with Gasteiger partial charge in [0.25, 0.3) is 0 Å². The number of carbonyl (C=O) groups excluding carboxylic acids is 2. The predicted octanol–water partition coefficient (Wildman–Crippen LogP) is 12.1. The van der Waals surface area contributed by atoms with E-state index in [-0.39, 0.29) is 29.9 Å². The molecule has 2 aliphatic carbocycles. The lowest BCUT2D eigenvalue weighted by Crippen LogP contribution is -2.36. The number of ether oxygens (including phenoxy) is 4. The minimum absolute atomic E-state index is 0.120. The monoisotopic (exact) mass is 708 g/mol. The second kappa shape index (κ2) is 22.5. The Kier molecular flexibility index (Phi) is 18.2. The van der Waals surface area contributed by atoms with Crippen molar-refractivity contribution in [2.24, 2.45) is 5.92 Å². The maximum absolute atomic E-state index is 12.2. The average Bonchev–Trinajstić information content (AvgIpc) is 3.18. The molecular formula is C46H60O6. The fourth-order valence-corrected chi connectivity index (χ4v) is 6.61. The van der Waals surface area contributed by atoms with Crippen LogP contribution in [0.25, 0.3) is 12.2 Å². The highest BCUT2D eigenvalue weighted by molar-refractivity contribution is 5.90. The third kappa shape index (κ3) is 14.0. The van der Waals surface area contributed by atoms with Crippen LogP contribution < -0.4 is 4.74 Å². The Morgan fingerprint density at radius 3 is 1.88 bits per heavy atom. The second-order valence-electron chi connectivity index (χ2n) is 13.6. The van der Waals surface area contributed by atoms with Crippen molar-refractivity contribution < 1.29 is 28.5 Å². The third-order valence-electron chi connectivity index (χ3n) is 9.71. The summed E-state index contributed by atoms with van der Waals surface area (Å²) in [6, 6.07) is 25.2. The van der Waals surface area contributed by atoms with E-state index in [4.69, 9.17) is 18.9 Å². The lowest BCUT2D eigenvalue weighted by Gasteiger charge is -2.36. The first-order valence-corrected chi connectivity index (χ1v) is 19.0. The molecule has 3 aromatic carbocycles. The van der Waals surface area contributed by atoms with Gasteiger partial charge in [0.05, 0.1) is 5.56 Å². The zero-order chi connectivity index (χ0) is 37.8. The van der Waals surface area contributed by atoms with E-state index in [1.807, 2.05) is 92.7 Å². The number of hydrogen-bond donors (Lipinski definition) is 0. The van der Waals surface area contributed by atoms with Gasteiger partial charge in [-0.3, -0.25) is 0 Å². The van der Waals surface area contributed by atoms with Crippen molar-refractivity contribution in [2.75, 3.05) is 6.61 Å². The molecule has 0 N–H and O–H groups in total. The molecular weight excluding hydrogens is 649 g/mol. The lowest BCUT2D eigenvalue weighted by molar-refractivity contribution is -0.148. The molecule has 5 rings (SSSR count). The summed E-state index contributed by atoms with van der Waals surface area (Å²) in [6.07, 6.45) is 15.8. The van der Waals surface area contributed by atoms with Crippen molar-refractivity contribution in [2.45, 2.75) is 116 Å². The van der Waals surface area contributed by atoms with Gasteiger partial charge in [0.15, 0.2) is 6.29 Å². The molecule has 2 fully saturated rings. The molecule has 2 saturated carbocycles. The van der Waals surface area contributed by atoms with Gasteiger partial charge in [0.2, 0.25) is 0 Å². The zero-order valence-corrected chi connectivity index (χ0v) is 31.9. The highest BCUT2D eigenvalue weighted by Crippen LogP contribution is 2.37. The van der Waals surface area contributed by atoms with Crippen molar-refractivity contribution in [3.63, 3.8) is 0 Å². The highest BCUT2D eigenvalue weighted by Gasteiger charge is 2.34. The van der Waals surface area contributed by atoms with Gasteiger partial charge in [-0.2, -0.15) is 0 Å². The van der Waals surface area contributed by atoms with Crippen LogP contribution in [0.15, 0.2) is 104 Å². The lowest BCUT2D eigenvalue weighted by atomic mass is 9.82. The van der Waals surface area contributed by atoms with Crippen molar-refractivity contribution in [1.82, 2.24) is 0 Å². The first-order chi connectivity index (χ1) is 25.1. The molecule has 0 radical (unpaired) electrons. The molecule has 0 aliphatic heterocycles. The Bertz CT molecular complexity index is 1510. The molecule has 3 aromatic rings. The van der Waals surface area contributed by atoms with Crippen LogP contribution in [-0.2, 0) is 19.0 Å². The molecule has 0 bridgehead atoms. The van der Waals surface area contributed by atoms with Crippen molar-refractivity contribution >= 4 is 24.1 Å². The summed E-state index contributed by atoms with van der Waals surface area (Å²) < 4.78 is 22.3. The average molecular weight is 709 g/mol. The van der Waals surface area contributed by atoms with E-state index in [1.165, 1.54) is 25.7 Å². The van der Waals surface area contributed by atoms with Gasteiger partial charge in [-0.1, -0.05) is 119 Å². The number of rotatable bonds is 13. The standard InChI is InChI=1S/2C17H22O2.C12H16O2/c1-13(2)17(18)19-16(14-9-5-3-6-10-14)15-11-7-4-8-12-15;1-3-14-8-10-15(11-9-14)16(18)19-17(4-2)12-6-5-7-13-17;1-4-11-6-8-12(9-7-11)14-10(3)13-5-2/h3,5-6,9-10,15-16H,1,4,7-8,11-12H2,2H3;3,8-11H,1,4-7,12-13H2,2H3;4,6-10H,1,5H2,2-3H3. The summed E-state index contributed by atoms with van der Waals surface area (Å²) in [7, 11) is 0. The largest absolute Gasteiger partial charge is 0.465 e. The Balaban J connectivity index is 0.000000213. The molecule has 0 heterocycles. The van der Waals surface area contributed by atoms with Gasteiger partial charge in [-0.15, -0.1) is 0 Å². The van der Waals surface area contributed by atoms with Crippen molar-refractivity contribution in [3.8, 4) is 5.75 Å². The smallest absolute Gasteiger partial charge is 0.338 e. The summed E-state index contributed by atoms with van der Waals surface area (Å²) in [5.74, 6) is 0.787. The fraction of sp³-hybridized carbons (Fsp3) is 0.435. The number of hydrogen-bond acceptors (Lipinski definition) is 6. The Morgan fingerprint density at radius 1 is 0.808 bits per heavy atom. The minimum atomic E-state index is -0.278. The van der Waals surface area contributed by atoms with Crippen LogP contribution in [0.5, 0.6) is 5.75 Å². The number of esters is 2. The molecule has 6 heteroatoms. The normalized spacial score (nSPS) is 16.2. The van der Waals surface area contributed by atoms with Crippen LogP contribution in [0.4, 0.5) is 0 Å². The van der Waals surface area contributed by atoms with Gasteiger partial charge in [0, 0.05) is 18.1 Å². The summed E-state index contributed by atoms with van der Waals surface area (Å²) in [5.41, 5.74) is 4.07. The van der Waals surface area contributed by atoms with E-state index < -0.39 is 0 Å². The summed E-state index contributed by atoms with van der Waals surface area (Å²) in [6.45, 7) is 19.4. The first kappa shape index (κ1) is 42.0. The molecule has 2 unspecified atom stereocenters. The molecule has 6 nitrogen and oxygen atoms in total. The minimum Gasteiger partial charge on any atom is -0.465 e. The van der Waals surface area contributed by atoms with Gasteiger partial charge >= 0.3 is 11.9 Å². The number of benzene rings is 3. The van der Waals surface area contributed by atoms with Crippen LogP contribution in [0.3, 0.4) is 0 Å². The molecule has 0 aromatic heterocycles. The Labute approximate surface area is 312 Å². The molecule has 0 amide bonds. The molecule has 2 atom stereocenters. The van der Waals surface area contributed by atoms with Crippen LogP contribution in [0.1, 0.15) is 131 Å². The van der Waals surface area contributed by atoms with E-state index in [0.717, 1.165) is 67.4 Å². The topological polar surface area (TPSA) is 71.1 Å². The zero-order valence-electron chi connectivity index (χ0n) is 31.9. The van der Waals surface area contributed by atoms with Gasteiger partial charge in [-0.25, -0.2) is 9.59 Å². The molecule has 2 aliphatic rings. The fourth-order valence-electron chi connectivity index (χ4n) is 6.61. The summed E-state index contributed by atoms with van der Waals surface area (Å²) in [4.78, 5) is 24.1. The van der Waals surface area contributed by atoms with Gasteiger partial charge in [-0.05, 0) is 107 Å². The molecule has 280 valence electrons. The van der Waals surface area contributed by atoms with Gasteiger partial charge < -0.3 is 18.9 Å². The van der Waals surface area contributed by atoms with E-state index in [0.29, 0.717) is 23.7 Å². The Morgan fingerprint density at radius 2 is 1.37 bits per heavy atom. The van der Waals surface area contributed by atoms with Crippen molar-refractivity contribution in [1.29, 1.82) is 0 Å². The van der Waals surface area contributed by atoms with E-state index in [2.05, 4.69) is 26.7 Å². The van der Waals surface area contributed by atoms with Crippen LogP contribution in [-0.4, -0.2) is 30.4 Å². The quantitative estimate of drug-likeness (QED) is 0.1000. The van der Waals surface area contributed by atoms with Crippen LogP contribution >= 0.6 is 0 Å². The molecule has 0 saturated heterocycles. The summed E-state index contributed by atoms with van der Waals surface area (Å²) in [5, 5.41) is 0. The van der Waals surface area contributed by atoms with E-state index in [9.17, 15) is 9.59 Å². The van der Waals surface area contributed by atoms with Crippen LogP contribution in [0.2, 0.25) is 0 Å². The van der Waals surface area contributed by atoms with Crippen LogP contribution in [0, 0.1) is 5.92 Å². The Hall–Kier alpha value is -4.42. The number of carbonyl (C=O) groups is 2. The maximum atomic E-state index is 12.2. The highest BCUT2D eigenvalue weighted by atomic mass is 16.7. The van der Waals surface area contributed by atoms with Crippen molar-refractivity contribution in [3.05, 3.63) is 126 Å². The van der Waals surface area contributed by atoms with E-state index >= 15 is 0 Å². The van der Waals surface area contributed by atoms with E-state index in [1.54, 1.807) is 19.1 Å². The molecule has 0 spiro atoms. The summed E-state index contributed by atoms with van der Waals surface area (Å²) >= 11 is 0. The van der Waals surface area contributed by atoms with Gasteiger partial charge in [0.1, 0.15) is 17.5 Å².